The van der Waals surface area contributed by atoms with Gasteiger partial charge in [0.15, 0.2) is 0 Å². The highest BCUT2D eigenvalue weighted by molar-refractivity contribution is 9.10. The summed E-state index contributed by atoms with van der Waals surface area (Å²) in [6.45, 7) is 3.68. The number of aryl methyl sites for hydroxylation is 1. The van der Waals surface area contributed by atoms with E-state index in [0.29, 0.717) is 5.75 Å². The van der Waals surface area contributed by atoms with Crippen LogP contribution in [-0.4, -0.2) is 20.6 Å². The normalized spacial score (nSPS) is 10.5. The molecule has 0 unspecified atom stereocenters. The number of ether oxygens (including phenoxy) is 1. The molecule has 1 N–H and O–H groups in total. The van der Waals surface area contributed by atoms with Crippen LogP contribution in [0.5, 0.6) is 11.5 Å². The maximum Gasteiger partial charge on any atom is 0.275 e. The molecule has 0 radical (unpaired) electrons. The molecule has 0 bridgehead atoms. The van der Waals surface area contributed by atoms with Gasteiger partial charge in [0.05, 0.1) is 33.0 Å². The standard InChI is InChI=1S/C19H17BrN4O4/c1-12-5-3-4-6-18(12)28-16-8-14(7-15(9-16)24(26)27)22-19(25)11-23-13(2)17(20)10-21-23/h3-10H,11H2,1-2H3,(H,22,25). The first-order valence-corrected chi connectivity index (χ1v) is 9.13. The van der Waals surface area contributed by atoms with Gasteiger partial charge in [-0.2, -0.15) is 5.10 Å². The van der Waals surface area contributed by atoms with E-state index in [1.807, 2.05) is 32.0 Å². The van der Waals surface area contributed by atoms with Gasteiger partial charge in [-0.25, -0.2) is 0 Å². The summed E-state index contributed by atoms with van der Waals surface area (Å²) in [5.74, 6) is 0.482. The highest BCUT2D eigenvalue weighted by Gasteiger charge is 2.15. The van der Waals surface area contributed by atoms with Crippen LogP contribution < -0.4 is 10.1 Å². The summed E-state index contributed by atoms with van der Waals surface area (Å²) in [7, 11) is 0. The van der Waals surface area contributed by atoms with Gasteiger partial charge in [0, 0.05) is 12.1 Å². The zero-order chi connectivity index (χ0) is 20.3. The second-order valence-corrected chi connectivity index (χ2v) is 6.98. The van der Waals surface area contributed by atoms with E-state index >= 15 is 0 Å². The fourth-order valence-electron chi connectivity index (χ4n) is 2.54. The van der Waals surface area contributed by atoms with E-state index in [1.54, 1.807) is 18.3 Å². The van der Waals surface area contributed by atoms with Crippen molar-refractivity contribution in [1.82, 2.24) is 9.78 Å². The monoisotopic (exact) mass is 444 g/mol. The summed E-state index contributed by atoms with van der Waals surface area (Å²) in [6.07, 6.45) is 1.60. The molecule has 0 aliphatic rings. The van der Waals surface area contributed by atoms with Crippen LogP contribution >= 0.6 is 15.9 Å². The van der Waals surface area contributed by atoms with Crippen molar-refractivity contribution in [3.8, 4) is 11.5 Å². The molecule has 144 valence electrons. The number of aromatic nitrogens is 2. The van der Waals surface area contributed by atoms with Crippen LogP contribution in [-0.2, 0) is 11.3 Å². The highest BCUT2D eigenvalue weighted by atomic mass is 79.9. The summed E-state index contributed by atoms with van der Waals surface area (Å²) in [4.78, 5) is 23.1. The molecule has 0 spiro atoms. The molecule has 0 atom stereocenters. The molecule has 3 rings (SSSR count). The van der Waals surface area contributed by atoms with E-state index in [2.05, 4.69) is 26.3 Å². The minimum absolute atomic E-state index is 0.0197. The Balaban J connectivity index is 1.83. The van der Waals surface area contributed by atoms with Gasteiger partial charge < -0.3 is 10.1 Å². The summed E-state index contributed by atoms with van der Waals surface area (Å²) in [5.41, 5.74) is 1.78. The van der Waals surface area contributed by atoms with Crippen molar-refractivity contribution in [2.24, 2.45) is 0 Å². The van der Waals surface area contributed by atoms with Gasteiger partial charge in [0.25, 0.3) is 5.69 Å². The molecule has 1 heterocycles. The third-order valence-electron chi connectivity index (χ3n) is 4.04. The molecule has 0 saturated carbocycles. The Bertz CT molecular complexity index is 1050. The third kappa shape index (κ3) is 4.55. The summed E-state index contributed by atoms with van der Waals surface area (Å²) >= 11 is 3.34. The van der Waals surface area contributed by atoms with Crippen LogP contribution in [0.3, 0.4) is 0 Å². The van der Waals surface area contributed by atoms with Crippen molar-refractivity contribution in [2.45, 2.75) is 20.4 Å². The van der Waals surface area contributed by atoms with Gasteiger partial charge in [0.1, 0.15) is 18.0 Å². The molecular weight excluding hydrogens is 428 g/mol. The van der Waals surface area contributed by atoms with Gasteiger partial charge in [-0.1, -0.05) is 18.2 Å². The predicted molar refractivity (Wildman–Crippen MR) is 108 cm³/mol. The zero-order valence-electron chi connectivity index (χ0n) is 15.2. The Kier molecular flexibility index (Phi) is 5.74. The first kappa shape index (κ1) is 19.6. The van der Waals surface area contributed by atoms with Crippen LogP contribution in [0, 0.1) is 24.0 Å². The number of carbonyl (C=O) groups excluding carboxylic acids is 1. The number of hydrogen-bond acceptors (Lipinski definition) is 5. The van der Waals surface area contributed by atoms with E-state index < -0.39 is 4.92 Å². The number of carbonyl (C=O) groups is 1. The quantitative estimate of drug-likeness (QED) is 0.442. The Hall–Kier alpha value is -3.20. The van der Waals surface area contributed by atoms with Crippen molar-refractivity contribution < 1.29 is 14.5 Å². The maximum atomic E-state index is 12.4. The fourth-order valence-corrected chi connectivity index (χ4v) is 2.83. The average molecular weight is 445 g/mol. The molecule has 0 fully saturated rings. The van der Waals surface area contributed by atoms with Crippen LogP contribution in [0.4, 0.5) is 11.4 Å². The summed E-state index contributed by atoms with van der Waals surface area (Å²) in [6, 6.07) is 11.5. The minimum atomic E-state index is -0.533. The second-order valence-electron chi connectivity index (χ2n) is 6.12. The first-order valence-electron chi connectivity index (χ1n) is 8.34. The number of nitrogens with one attached hydrogen (secondary N) is 1. The van der Waals surface area contributed by atoms with Crippen LogP contribution in [0.25, 0.3) is 0 Å². The number of halogens is 1. The number of hydrogen-bond donors (Lipinski definition) is 1. The highest BCUT2D eigenvalue weighted by Crippen LogP contribution is 2.31. The Morgan fingerprint density at radius 3 is 2.68 bits per heavy atom. The zero-order valence-corrected chi connectivity index (χ0v) is 16.8. The molecule has 1 amide bonds. The van der Waals surface area contributed by atoms with Crippen molar-refractivity contribution in [1.29, 1.82) is 0 Å². The lowest BCUT2D eigenvalue weighted by Gasteiger charge is -2.11. The molecular formula is C19H17BrN4O4. The number of nitro benzene ring substituents is 1. The van der Waals surface area contributed by atoms with E-state index in [1.165, 1.54) is 16.8 Å². The van der Waals surface area contributed by atoms with E-state index in [9.17, 15) is 14.9 Å². The van der Waals surface area contributed by atoms with Crippen molar-refractivity contribution in [3.05, 3.63) is 74.5 Å². The number of rotatable bonds is 6. The van der Waals surface area contributed by atoms with Gasteiger partial charge >= 0.3 is 0 Å². The van der Waals surface area contributed by atoms with Crippen molar-refractivity contribution in [2.75, 3.05) is 5.32 Å². The van der Waals surface area contributed by atoms with Gasteiger partial charge in [-0.3, -0.25) is 19.6 Å². The number of nitro groups is 1. The van der Waals surface area contributed by atoms with Gasteiger partial charge in [0.2, 0.25) is 5.91 Å². The number of benzene rings is 2. The smallest absolute Gasteiger partial charge is 0.275 e. The summed E-state index contributed by atoms with van der Waals surface area (Å²) in [5, 5.41) is 18.0. The topological polar surface area (TPSA) is 99.3 Å². The Morgan fingerprint density at radius 2 is 2.04 bits per heavy atom. The lowest BCUT2D eigenvalue weighted by Crippen LogP contribution is -2.20. The number of non-ortho nitro benzene ring substituents is 1. The lowest BCUT2D eigenvalue weighted by atomic mass is 10.2. The molecule has 8 nitrogen and oxygen atoms in total. The summed E-state index contributed by atoms with van der Waals surface area (Å²) < 4.78 is 8.11. The van der Waals surface area contributed by atoms with Gasteiger partial charge in [-0.15, -0.1) is 0 Å². The first-order chi connectivity index (χ1) is 13.3. The number of para-hydroxylation sites is 1. The van der Waals surface area contributed by atoms with Gasteiger partial charge in [-0.05, 0) is 41.4 Å². The molecule has 3 aromatic rings. The lowest BCUT2D eigenvalue weighted by molar-refractivity contribution is -0.384. The minimum Gasteiger partial charge on any atom is -0.457 e. The molecule has 9 heteroatoms. The maximum absolute atomic E-state index is 12.4. The molecule has 0 saturated heterocycles. The number of nitrogens with zero attached hydrogens (tertiary/aromatic N) is 3. The second kappa shape index (κ2) is 8.22. The third-order valence-corrected chi connectivity index (χ3v) is 4.82. The van der Waals surface area contributed by atoms with E-state index in [-0.39, 0.29) is 29.6 Å². The van der Waals surface area contributed by atoms with Crippen molar-refractivity contribution in [3.63, 3.8) is 0 Å². The average Bonchev–Trinajstić information content (AvgIpc) is 2.95. The van der Waals surface area contributed by atoms with Crippen LogP contribution in [0.2, 0.25) is 0 Å². The Morgan fingerprint density at radius 1 is 1.29 bits per heavy atom. The molecule has 2 aromatic carbocycles. The van der Waals surface area contributed by atoms with Crippen LogP contribution in [0.1, 0.15) is 11.3 Å². The largest absolute Gasteiger partial charge is 0.457 e. The Labute approximate surface area is 169 Å². The molecule has 1 aromatic heterocycles. The number of amides is 1. The van der Waals surface area contributed by atoms with Crippen LogP contribution in [0.15, 0.2) is 53.1 Å². The predicted octanol–water partition coefficient (Wildman–Crippen LogP) is 4.60. The van der Waals surface area contributed by atoms with E-state index in [0.717, 1.165) is 15.7 Å². The molecule has 0 aliphatic heterocycles. The fraction of sp³-hybridized carbons (Fsp3) is 0.158. The van der Waals surface area contributed by atoms with E-state index in [4.69, 9.17) is 4.74 Å². The molecule has 28 heavy (non-hydrogen) atoms. The number of anilines is 1. The van der Waals surface area contributed by atoms with Crippen molar-refractivity contribution >= 4 is 33.2 Å². The molecule has 0 aliphatic carbocycles. The SMILES string of the molecule is Cc1ccccc1Oc1cc(NC(=O)Cn2ncc(Br)c2C)cc([N+](=O)[O-])c1.